The Hall–Kier alpha value is -1.60. The lowest BCUT2D eigenvalue weighted by molar-refractivity contribution is 0.589. The van der Waals surface area contributed by atoms with Crippen LogP contribution in [-0.2, 0) is 6.54 Å². The SMILES string of the molecule is Cc1ccc(-c2cc(C)ccc2CNC(C)C)c(C)c1. The van der Waals surface area contributed by atoms with E-state index in [1.807, 2.05) is 0 Å². The van der Waals surface area contributed by atoms with Crippen molar-refractivity contribution in [3.05, 3.63) is 58.7 Å². The van der Waals surface area contributed by atoms with Gasteiger partial charge in [-0.1, -0.05) is 61.4 Å². The first kappa shape index (κ1) is 14.8. The Bertz CT molecular complexity index is 597. The van der Waals surface area contributed by atoms with Gasteiger partial charge in [0.25, 0.3) is 0 Å². The monoisotopic (exact) mass is 267 g/mol. The van der Waals surface area contributed by atoms with Crippen molar-refractivity contribution in [1.29, 1.82) is 0 Å². The summed E-state index contributed by atoms with van der Waals surface area (Å²) in [5, 5.41) is 3.52. The smallest absolute Gasteiger partial charge is 0.0214 e. The highest BCUT2D eigenvalue weighted by atomic mass is 14.9. The second kappa shape index (κ2) is 6.23. The van der Waals surface area contributed by atoms with Gasteiger partial charge < -0.3 is 5.32 Å². The zero-order valence-electron chi connectivity index (χ0n) is 13.2. The third-order valence-electron chi connectivity index (χ3n) is 3.64. The topological polar surface area (TPSA) is 12.0 Å². The van der Waals surface area contributed by atoms with Gasteiger partial charge in [0, 0.05) is 12.6 Å². The molecule has 1 nitrogen and oxygen atoms in total. The molecule has 0 aliphatic heterocycles. The van der Waals surface area contributed by atoms with Crippen LogP contribution < -0.4 is 5.32 Å². The Kier molecular flexibility index (Phi) is 4.61. The lowest BCUT2D eigenvalue weighted by Gasteiger charge is -2.16. The van der Waals surface area contributed by atoms with E-state index < -0.39 is 0 Å². The summed E-state index contributed by atoms with van der Waals surface area (Å²) in [5.41, 5.74) is 8.06. The second-order valence-electron chi connectivity index (χ2n) is 6.01. The minimum Gasteiger partial charge on any atom is -0.310 e. The van der Waals surface area contributed by atoms with Crippen molar-refractivity contribution in [2.45, 2.75) is 47.2 Å². The molecular formula is C19H25N. The van der Waals surface area contributed by atoms with Crippen LogP contribution in [0.4, 0.5) is 0 Å². The zero-order chi connectivity index (χ0) is 14.7. The fourth-order valence-corrected chi connectivity index (χ4v) is 2.53. The van der Waals surface area contributed by atoms with Crippen molar-refractivity contribution in [3.8, 4) is 11.1 Å². The van der Waals surface area contributed by atoms with Gasteiger partial charge in [0.2, 0.25) is 0 Å². The minimum atomic E-state index is 0.503. The highest BCUT2D eigenvalue weighted by Crippen LogP contribution is 2.28. The van der Waals surface area contributed by atoms with Crippen LogP contribution in [0.25, 0.3) is 11.1 Å². The molecular weight excluding hydrogens is 242 g/mol. The maximum absolute atomic E-state index is 3.52. The van der Waals surface area contributed by atoms with Gasteiger partial charge in [-0.15, -0.1) is 0 Å². The molecule has 0 unspecified atom stereocenters. The van der Waals surface area contributed by atoms with Gasteiger partial charge in [-0.3, -0.25) is 0 Å². The van der Waals surface area contributed by atoms with E-state index >= 15 is 0 Å². The number of hydrogen-bond donors (Lipinski definition) is 1. The summed E-state index contributed by atoms with van der Waals surface area (Å²) in [4.78, 5) is 0. The predicted octanol–water partition coefficient (Wildman–Crippen LogP) is 4.78. The van der Waals surface area contributed by atoms with Crippen LogP contribution in [0.3, 0.4) is 0 Å². The Balaban J connectivity index is 2.45. The Morgan fingerprint density at radius 1 is 0.850 bits per heavy atom. The van der Waals surface area contributed by atoms with Crippen molar-refractivity contribution in [2.75, 3.05) is 0 Å². The highest BCUT2D eigenvalue weighted by molar-refractivity contribution is 5.71. The van der Waals surface area contributed by atoms with Gasteiger partial charge in [-0.25, -0.2) is 0 Å². The quantitative estimate of drug-likeness (QED) is 0.841. The first-order valence-electron chi connectivity index (χ1n) is 7.38. The van der Waals surface area contributed by atoms with E-state index in [0.29, 0.717) is 6.04 Å². The molecule has 0 saturated heterocycles. The average Bonchev–Trinajstić information content (AvgIpc) is 2.37. The summed E-state index contributed by atoms with van der Waals surface area (Å²) in [6, 6.07) is 14.0. The average molecular weight is 267 g/mol. The summed E-state index contributed by atoms with van der Waals surface area (Å²) >= 11 is 0. The molecule has 2 aromatic rings. The van der Waals surface area contributed by atoms with Crippen molar-refractivity contribution >= 4 is 0 Å². The van der Waals surface area contributed by atoms with E-state index in [1.54, 1.807) is 0 Å². The van der Waals surface area contributed by atoms with E-state index in [2.05, 4.69) is 76.3 Å². The standard InChI is InChI=1S/C19H25N/c1-13(2)20-12-17-8-6-15(4)11-19(17)18-9-7-14(3)10-16(18)5/h6-11,13,20H,12H2,1-5H3. The van der Waals surface area contributed by atoms with Crippen LogP contribution in [0.2, 0.25) is 0 Å². The molecule has 0 aliphatic rings. The lowest BCUT2D eigenvalue weighted by atomic mass is 9.93. The summed E-state index contributed by atoms with van der Waals surface area (Å²) in [6.07, 6.45) is 0. The summed E-state index contributed by atoms with van der Waals surface area (Å²) in [5.74, 6) is 0. The van der Waals surface area contributed by atoms with Crippen LogP contribution in [0.1, 0.15) is 36.1 Å². The van der Waals surface area contributed by atoms with Gasteiger partial charge in [0.05, 0.1) is 0 Å². The van der Waals surface area contributed by atoms with Gasteiger partial charge >= 0.3 is 0 Å². The van der Waals surface area contributed by atoms with Crippen molar-refractivity contribution in [1.82, 2.24) is 5.32 Å². The van der Waals surface area contributed by atoms with E-state index in [1.165, 1.54) is 33.4 Å². The molecule has 2 rings (SSSR count). The van der Waals surface area contributed by atoms with Crippen LogP contribution in [0, 0.1) is 20.8 Å². The molecule has 0 fully saturated rings. The maximum Gasteiger partial charge on any atom is 0.0214 e. The van der Waals surface area contributed by atoms with E-state index in [-0.39, 0.29) is 0 Å². The lowest BCUT2D eigenvalue weighted by Crippen LogP contribution is -2.22. The third-order valence-corrected chi connectivity index (χ3v) is 3.64. The summed E-state index contributed by atoms with van der Waals surface area (Å²) in [7, 11) is 0. The molecule has 2 aromatic carbocycles. The minimum absolute atomic E-state index is 0.503. The molecule has 0 radical (unpaired) electrons. The van der Waals surface area contributed by atoms with Gasteiger partial charge in [0.1, 0.15) is 0 Å². The Labute approximate surface area is 123 Å². The van der Waals surface area contributed by atoms with E-state index in [0.717, 1.165) is 6.54 Å². The molecule has 1 heteroatoms. The van der Waals surface area contributed by atoms with Crippen LogP contribution >= 0.6 is 0 Å². The maximum atomic E-state index is 3.52. The summed E-state index contributed by atoms with van der Waals surface area (Å²) in [6.45, 7) is 11.8. The van der Waals surface area contributed by atoms with E-state index in [9.17, 15) is 0 Å². The molecule has 0 aromatic heterocycles. The Morgan fingerprint density at radius 2 is 1.50 bits per heavy atom. The molecule has 0 heterocycles. The van der Waals surface area contributed by atoms with Crippen molar-refractivity contribution in [3.63, 3.8) is 0 Å². The fourth-order valence-electron chi connectivity index (χ4n) is 2.53. The normalized spacial score (nSPS) is 11.1. The molecule has 0 bridgehead atoms. The zero-order valence-corrected chi connectivity index (χ0v) is 13.2. The number of rotatable bonds is 4. The molecule has 0 aliphatic carbocycles. The first-order valence-corrected chi connectivity index (χ1v) is 7.38. The first-order chi connectivity index (χ1) is 9.47. The van der Waals surface area contributed by atoms with Crippen molar-refractivity contribution < 1.29 is 0 Å². The van der Waals surface area contributed by atoms with Crippen LogP contribution in [0.5, 0.6) is 0 Å². The van der Waals surface area contributed by atoms with Crippen LogP contribution in [0.15, 0.2) is 36.4 Å². The largest absolute Gasteiger partial charge is 0.310 e. The third kappa shape index (κ3) is 3.49. The molecule has 0 saturated carbocycles. The number of nitrogens with one attached hydrogen (secondary N) is 1. The highest BCUT2D eigenvalue weighted by Gasteiger charge is 2.08. The van der Waals surface area contributed by atoms with Gasteiger partial charge in [-0.05, 0) is 43.0 Å². The fraction of sp³-hybridized carbons (Fsp3) is 0.368. The van der Waals surface area contributed by atoms with Crippen molar-refractivity contribution in [2.24, 2.45) is 0 Å². The number of hydrogen-bond acceptors (Lipinski definition) is 1. The molecule has 0 atom stereocenters. The second-order valence-corrected chi connectivity index (χ2v) is 6.01. The Morgan fingerprint density at radius 3 is 2.15 bits per heavy atom. The van der Waals surface area contributed by atoms with Gasteiger partial charge in [-0.2, -0.15) is 0 Å². The summed E-state index contributed by atoms with van der Waals surface area (Å²) < 4.78 is 0. The molecule has 0 amide bonds. The predicted molar refractivity (Wildman–Crippen MR) is 88.1 cm³/mol. The van der Waals surface area contributed by atoms with E-state index in [4.69, 9.17) is 0 Å². The number of aryl methyl sites for hydroxylation is 3. The molecule has 0 spiro atoms. The molecule has 1 N–H and O–H groups in total. The molecule has 20 heavy (non-hydrogen) atoms. The van der Waals surface area contributed by atoms with Gasteiger partial charge in [0.15, 0.2) is 0 Å². The molecule has 106 valence electrons. The van der Waals surface area contributed by atoms with Crippen LogP contribution in [-0.4, -0.2) is 6.04 Å². The number of benzene rings is 2.